The molecule has 0 spiro atoms. The number of nitrogens with one attached hydrogen (secondary N) is 2. The van der Waals surface area contributed by atoms with Gasteiger partial charge in [0.25, 0.3) is 0 Å². The SMILES string of the molecule is CCC(C)[C@H](S)C(=O)N[C@H](C(=O)N[C@@H](Cc1ccc(O)cc1)C(=O)O)[C@@H](C)OCc1ccccc1. The van der Waals surface area contributed by atoms with Crippen LogP contribution >= 0.6 is 12.6 Å². The number of thiol groups is 1. The zero-order valence-corrected chi connectivity index (χ0v) is 21.1. The van der Waals surface area contributed by atoms with E-state index < -0.39 is 41.2 Å². The molecule has 0 aliphatic heterocycles. The van der Waals surface area contributed by atoms with Gasteiger partial charge in [-0.05, 0) is 36.1 Å². The number of benzene rings is 2. The Labute approximate surface area is 211 Å². The Kier molecular flexibility index (Phi) is 11.1. The minimum atomic E-state index is -1.24. The fourth-order valence-electron chi connectivity index (χ4n) is 3.34. The maximum atomic E-state index is 13.2. The molecule has 4 N–H and O–H groups in total. The molecule has 5 atom stereocenters. The highest BCUT2D eigenvalue weighted by atomic mass is 32.1. The number of hydrogen-bond acceptors (Lipinski definition) is 6. The maximum Gasteiger partial charge on any atom is 0.326 e. The van der Waals surface area contributed by atoms with Crippen molar-refractivity contribution in [3.8, 4) is 5.75 Å². The summed E-state index contributed by atoms with van der Waals surface area (Å²) in [5.41, 5.74) is 1.52. The molecule has 2 aromatic rings. The first kappa shape index (κ1) is 28.2. The van der Waals surface area contributed by atoms with Gasteiger partial charge in [0.1, 0.15) is 17.8 Å². The predicted molar refractivity (Wildman–Crippen MR) is 136 cm³/mol. The number of rotatable bonds is 13. The zero-order chi connectivity index (χ0) is 26.0. The lowest BCUT2D eigenvalue weighted by atomic mass is 10.0. The highest BCUT2D eigenvalue weighted by Gasteiger charge is 2.33. The quantitative estimate of drug-likeness (QED) is 0.268. The van der Waals surface area contributed by atoms with Crippen LogP contribution in [0.3, 0.4) is 0 Å². The van der Waals surface area contributed by atoms with Crippen molar-refractivity contribution in [2.45, 2.75) is 63.7 Å². The average Bonchev–Trinajstić information content (AvgIpc) is 2.85. The van der Waals surface area contributed by atoms with Crippen molar-refractivity contribution < 1.29 is 29.3 Å². The maximum absolute atomic E-state index is 13.2. The highest BCUT2D eigenvalue weighted by Crippen LogP contribution is 2.16. The van der Waals surface area contributed by atoms with Crippen molar-refractivity contribution in [3.05, 3.63) is 65.7 Å². The number of carbonyl (C=O) groups is 3. The lowest BCUT2D eigenvalue weighted by molar-refractivity contribution is -0.143. The molecule has 35 heavy (non-hydrogen) atoms. The highest BCUT2D eigenvalue weighted by molar-refractivity contribution is 7.81. The minimum Gasteiger partial charge on any atom is -0.508 e. The number of hydrogen-bond donors (Lipinski definition) is 5. The van der Waals surface area contributed by atoms with Crippen LogP contribution in [0, 0.1) is 5.92 Å². The summed E-state index contributed by atoms with van der Waals surface area (Å²) in [6, 6.07) is 13.1. The summed E-state index contributed by atoms with van der Waals surface area (Å²) in [4.78, 5) is 37.9. The Hall–Kier alpha value is -3.04. The summed E-state index contributed by atoms with van der Waals surface area (Å²) >= 11 is 4.40. The third kappa shape index (κ3) is 8.92. The number of carboxylic acid groups (broad SMARTS) is 1. The third-order valence-corrected chi connectivity index (χ3v) is 6.59. The van der Waals surface area contributed by atoms with E-state index in [2.05, 4.69) is 23.3 Å². The summed E-state index contributed by atoms with van der Waals surface area (Å²) in [5, 5.41) is 23.7. The van der Waals surface area contributed by atoms with Crippen LogP contribution in [0.5, 0.6) is 5.75 Å². The molecule has 0 bridgehead atoms. The van der Waals surface area contributed by atoms with Crippen molar-refractivity contribution in [2.75, 3.05) is 0 Å². The summed E-state index contributed by atoms with van der Waals surface area (Å²) in [6.07, 6.45) is -0.0185. The molecule has 0 fully saturated rings. The Morgan fingerprint density at radius 1 is 0.943 bits per heavy atom. The van der Waals surface area contributed by atoms with E-state index in [1.807, 2.05) is 44.2 Å². The summed E-state index contributed by atoms with van der Waals surface area (Å²) < 4.78 is 5.88. The molecule has 9 heteroatoms. The Morgan fingerprint density at radius 2 is 1.57 bits per heavy atom. The largest absolute Gasteiger partial charge is 0.508 e. The molecule has 8 nitrogen and oxygen atoms in total. The lowest BCUT2D eigenvalue weighted by Crippen LogP contribution is -2.58. The molecule has 0 aliphatic carbocycles. The first-order valence-electron chi connectivity index (χ1n) is 11.6. The third-order valence-electron chi connectivity index (χ3n) is 5.85. The van der Waals surface area contributed by atoms with Crippen LogP contribution in [-0.4, -0.2) is 51.4 Å². The predicted octanol–water partition coefficient (Wildman–Crippen LogP) is 2.94. The van der Waals surface area contributed by atoms with Crippen LogP contribution in [0.2, 0.25) is 0 Å². The molecule has 0 saturated heterocycles. The average molecular weight is 503 g/mol. The lowest BCUT2D eigenvalue weighted by Gasteiger charge is -2.28. The molecular weight excluding hydrogens is 468 g/mol. The zero-order valence-electron chi connectivity index (χ0n) is 20.2. The van der Waals surface area contributed by atoms with E-state index in [4.69, 9.17) is 4.74 Å². The monoisotopic (exact) mass is 502 g/mol. The fourth-order valence-corrected chi connectivity index (χ4v) is 3.63. The number of aromatic hydroxyl groups is 1. The molecule has 0 heterocycles. The standard InChI is InChI=1S/C26H34N2O6S/c1-4-16(2)23(35)25(31)28-22(17(3)34-15-19-8-6-5-7-9-19)24(30)27-21(26(32)33)14-18-10-12-20(29)13-11-18/h5-13,16-17,21-23,29,35H,4,14-15H2,1-3H3,(H,27,30)(H,28,31)(H,32,33)/t16?,17-,21+,22+,23+/m1/s1. The van der Waals surface area contributed by atoms with Gasteiger partial charge < -0.3 is 25.6 Å². The number of phenolic OH excluding ortho intramolecular Hbond substituents is 1. The number of carbonyl (C=O) groups excluding carboxylic acids is 2. The molecule has 0 saturated carbocycles. The van der Waals surface area contributed by atoms with Gasteiger partial charge in [-0.3, -0.25) is 9.59 Å². The smallest absolute Gasteiger partial charge is 0.326 e. The van der Waals surface area contributed by atoms with Gasteiger partial charge in [-0.2, -0.15) is 12.6 Å². The van der Waals surface area contributed by atoms with E-state index in [1.54, 1.807) is 19.1 Å². The van der Waals surface area contributed by atoms with Gasteiger partial charge in [-0.25, -0.2) is 4.79 Å². The second kappa shape index (κ2) is 13.7. The molecule has 2 rings (SSSR count). The molecule has 0 aliphatic rings. The second-order valence-corrected chi connectivity index (χ2v) is 9.14. The first-order valence-corrected chi connectivity index (χ1v) is 12.1. The van der Waals surface area contributed by atoms with Gasteiger partial charge in [-0.1, -0.05) is 62.7 Å². The molecule has 0 radical (unpaired) electrons. The minimum absolute atomic E-state index is 0.00331. The Balaban J connectivity index is 2.17. The van der Waals surface area contributed by atoms with Gasteiger partial charge in [0.05, 0.1) is 18.0 Å². The van der Waals surface area contributed by atoms with Crippen molar-refractivity contribution >= 4 is 30.4 Å². The van der Waals surface area contributed by atoms with Crippen molar-refractivity contribution in [1.29, 1.82) is 0 Å². The molecular formula is C26H34N2O6S. The number of ether oxygens (including phenoxy) is 1. The fraction of sp³-hybridized carbons (Fsp3) is 0.423. The number of phenols is 1. The number of carboxylic acids is 1. The molecule has 2 amide bonds. The normalized spacial score (nSPS) is 15.3. The van der Waals surface area contributed by atoms with Crippen LogP contribution in [0.1, 0.15) is 38.3 Å². The van der Waals surface area contributed by atoms with Crippen molar-refractivity contribution in [1.82, 2.24) is 10.6 Å². The van der Waals surface area contributed by atoms with E-state index in [0.29, 0.717) is 5.56 Å². The summed E-state index contributed by atoms with van der Waals surface area (Å²) in [5.74, 6) is -2.29. The molecule has 0 aromatic heterocycles. The van der Waals surface area contributed by atoms with Crippen LogP contribution in [0.25, 0.3) is 0 Å². The van der Waals surface area contributed by atoms with Gasteiger partial charge in [-0.15, -0.1) is 0 Å². The number of aliphatic carboxylic acids is 1. The van der Waals surface area contributed by atoms with E-state index >= 15 is 0 Å². The van der Waals surface area contributed by atoms with Gasteiger partial charge in [0, 0.05) is 6.42 Å². The molecule has 2 aromatic carbocycles. The summed E-state index contributed by atoms with van der Waals surface area (Å²) in [7, 11) is 0. The second-order valence-electron chi connectivity index (χ2n) is 8.59. The number of amides is 2. The van der Waals surface area contributed by atoms with Gasteiger partial charge in [0.2, 0.25) is 11.8 Å². The van der Waals surface area contributed by atoms with Crippen molar-refractivity contribution in [3.63, 3.8) is 0 Å². The van der Waals surface area contributed by atoms with Gasteiger partial charge in [0.15, 0.2) is 0 Å². The van der Waals surface area contributed by atoms with E-state index in [1.165, 1.54) is 12.1 Å². The Morgan fingerprint density at radius 3 is 2.14 bits per heavy atom. The Bertz CT molecular complexity index is 970. The summed E-state index contributed by atoms with van der Waals surface area (Å²) in [6.45, 7) is 5.70. The molecule has 1 unspecified atom stereocenters. The van der Waals surface area contributed by atoms with Gasteiger partial charge >= 0.3 is 5.97 Å². The topological polar surface area (TPSA) is 125 Å². The van der Waals surface area contributed by atoms with E-state index in [9.17, 15) is 24.6 Å². The van der Waals surface area contributed by atoms with E-state index in [-0.39, 0.29) is 24.7 Å². The van der Waals surface area contributed by atoms with Crippen LogP contribution in [0.4, 0.5) is 0 Å². The van der Waals surface area contributed by atoms with Crippen LogP contribution in [-0.2, 0) is 32.1 Å². The first-order chi connectivity index (χ1) is 16.6. The van der Waals surface area contributed by atoms with Crippen molar-refractivity contribution in [2.24, 2.45) is 5.92 Å². The van der Waals surface area contributed by atoms with Crippen LogP contribution in [0.15, 0.2) is 54.6 Å². The van der Waals surface area contributed by atoms with E-state index in [0.717, 1.165) is 12.0 Å². The van der Waals surface area contributed by atoms with Crippen LogP contribution < -0.4 is 10.6 Å². The molecule has 190 valence electrons.